The van der Waals surface area contributed by atoms with E-state index in [9.17, 15) is 19.8 Å². The van der Waals surface area contributed by atoms with Crippen LogP contribution in [0.5, 0.6) is 0 Å². The van der Waals surface area contributed by atoms with Crippen molar-refractivity contribution >= 4 is 23.6 Å². The van der Waals surface area contributed by atoms with Crippen LogP contribution in [0.2, 0.25) is 0 Å². The lowest BCUT2D eigenvalue weighted by Crippen LogP contribution is -2.63. The van der Waals surface area contributed by atoms with Gasteiger partial charge >= 0.3 is 5.97 Å². The Bertz CT molecular complexity index is 661. The molecule has 144 valence electrons. The number of hydrogen-bond acceptors (Lipinski definition) is 6. The van der Waals surface area contributed by atoms with Crippen molar-refractivity contribution in [1.29, 1.82) is 0 Å². The Morgan fingerprint density at radius 1 is 1.35 bits per heavy atom. The Hall–Kier alpha value is -1.09. The van der Waals surface area contributed by atoms with Crippen LogP contribution in [-0.4, -0.2) is 74.5 Å². The van der Waals surface area contributed by atoms with Gasteiger partial charge in [0, 0.05) is 41.2 Å². The molecule has 0 aromatic carbocycles. The minimum Gasteiger partial charge on any atom is -0.477 e. The highest BCUT2D eigenvalue weighted by Crippen LogP contribution is 2.52. The van der Waals surface area contributed by atoms with Crippen LogP contribution in [0.3, 0.4) is 0 Å². The van der Waals surface area contributed by atoms with Crippen molar-refractivity contribution < 1.29 is 19.8 Å². The minimum absolute atomic E-state index is 0.0441. The summed E-state index contributed by atoms with van der Waals surface area (Å²) in [5.74, 6) is -1.84. The number of aliphatic hydroxyl groups excluding tert-OH is 1. The van der Waals surface area contributed by atoms with E-state index in [1.165, 1.54) is 4.90 Å². The van der Waals surface area contributed by atoms with E-state index in [4.69, 9.17) is 5.73 Å². The highest BCUT2D eigenvalue weighted by molar-refractivity contribution is 8.03. The maximum Gasteiger partial charge on any atom is 0.353 e. The number of carbonyl (C=O) groups is 2. The summed E-state index contributed by atoms with van der Waals surface area (Å²) in [6.07, 6.45) is 2.54. The number of rotatable bonds is 5. The molecule has 0 spiro atoms. The van der Waals surface area contributed by atoms with Crippen molar-refractivity contribution in [2.45, 2.75) is 62.6 Å². The fourth-order valence-electron chi connectivity index (χ4n) is 5.02. The molecule has 3 heterocycles. The molecule has 4 N–H and O–H groups in total. The first-order valence-electron chi connectivity index (χ1n) is 9.44. The number of fused-ring (bicyclic) bond motifs is 1. The summed E-state index contributed by atoms with van der Waals surface area (Å²) < 4.78 is 0. The standard InChI is InChI=1S/C18H27N3O4S/c1-8-14-13(9(2)22)17(23)21(14)15(18(24)25)16(8)26-12-6-20(7-12)11-4-3-10(19)5-11/h8-14,22H,3-7,19H2,1-2H3,(H,24,25). The summed E-state index contributed by atoms with van der Waals surface area (Å²) in [5.41, 5.74) is 6.14. The fourth-order valence-corrected chi connectivity index (χ4v) is 6.57. The molecule has 2 saturated heterocycles. The minimum atomic E-state index is -1.04. The van der Waals surface area contributed by atoms with Gasteiger partial charge in [0.25, 0.3) is 0 Å². The van der Waals surface area contributed by atoms with Crippen molar-refractivity contribution in [3.8, 4) is 0 Å². The van der Waals surface area contributed by atoms with Crippen LogP contribution in [0.4, 0.5) is 0 Å². The number of thioether (sulfide) groups is 1. The Kier molecular flexibility index (Phi) is 4.58. The molecule has 6 unspecified atom stereocenters. The molecule has 0 radical (unpaired) electrons. The second-order valence-electron chi connectivity index (χ2n) is 8.19. The van der Waals surface area contributed by atoms with Gasteiger partial charge < -0.3 is 20.8 Å². The Balaban J connectivity index is 1.44. The van der Waals surface area contributed by atoms with Crippen molar-refractivity contribution in [2.24, 2.45) is 17.6 Å². The zero-order chi connectivity index (χ0) is 18.7. The molecule has 4 aliphatic rings. The summed E-state index contributed by atoms with van der Waals surface area (Å²) >= 11 is 1.62. The van der Waals surface area contributed by atoms with Crippen LogP contribution in [-0.2, 0) is 9.59 Å². The van der Waals surface area contributed by atoms with Crippen LogP contribution >= 0.6 is 11.8 Å². The third kappa shape index (κ3) is 2.69. The predicted octanol–water partition coefficient (Wildman–Crippen LogP) is 0.437. The van der Waals surface area contributed by atoms with Gasteiger partial charge in [0.15, 0.2) is 0 Å². The number of likely N-dealkylation sites (tertiary alicyclic amines) is 1. The van der Waals surface area contributed by atoms with Crippen molar-refractivity contribution in [1.82, 2.24) is 9.80 Å². The summed E-state index contributed by atoms with van der Waals surface area (Å²) in [4.78, 5) is 28.8. The Morgan fingerprint density at radius 2 is 2.04 bits per heavy atom. The van der Waals surface area contributed by atoms with Gasteiger partial charge in [0.2, 0.25) is 5.91 Å². The number of aliphatic hydroxyl groups is 1. The topological polar surface area (TPSA) is 107 Å². The van der Waals surface area contributed by atoms with E-state index in [0.29, 0.717) is 17.3 Å². The maximum absolute atomic E-state index is 12.4. The molecule has 3 aliphatic heterocycles. The maximum atomic E-state index is 12.4. The molecule has 0 aromatic heterocycles. The van der Waals surface area contributed by atoms with Crippen molar-refractivity contribution in [2.75, 3.05) is 13.1 Å². The summed E-state index contributed by atoms with van der Waals surface area (Å²) in [6, 6.07) is 0.659. The van der Waals surface area contributed by atoms with E-state index < -0.39 is 18.0 Å². The van der Waals surface area contributed by atoms with E-state index in [1.54, 1.807) is 18.7 Å². The van der Waals surface area contributed by atoms with E-state index in [1.807, 2.05) is 6.92 Å². The van der Waals surface area contributed by atoms with Crippen molar-refractivity contribution in [3.05, 3.63) is 10.6 Å². The Morgan fingerprint density at radius 3 is 2.58 bits per heavy atom. The quantitative estimate of drug-likeness (QED) is 0.593. The second kappa shape index (κ2) is 6.51. The van der Waals surface area contributed by atoms with E-state index >= 15 is 0 Å². The van der Waals surface area contributed by atoms with E-state index in [-0.39, 0.29) is 23.6 Å². The van der Waals surface area contributed by atoms with Gasteiger partial charge in [-0.3, -0.25) is 9.69 Å². The number of carboxylic acids is 1. The molecule has 7 nitrogen and oxygen atoms in total. The summed E-state index contributed by atoms with van der Waals surface area (Å²) in [6.45, 7) is 5.48. The Labute approximate surface area is 157 Å². The first-order valence-corrected chi connectivity index (χ1v) is 10.3. The molecule has 3 fully saturated rings. The van der Waals surface area contributed by atoms with Crippen LogP contribution in [0.25, 0.3) is 0 Å². The zero-order valence-electron chi connectivity index (χ0n) is 15.2. The lowest BCUT2D eigenvalue weighted by molar-refractivity contribution is -0.163. The zero-order valence-corrected chi connectivity index (χ0v) is 16.0. The van der Waals surface area contributed by atoms with Gasteiger partial charge in [-0.2, -0.15) is 0 Å². The van der Waals surface area contributed by atoms with Gasteiger partial charge in [-0.25, -0.2) is 4.79 Å². The third-order valence-electron chi connectivity index (χ3n) is 6.44. The lowest BCUT2D eigenvalue weighted by Gasteiger charge is -2.46. The van der Waals surface area contributed by atoms with Gasteiger partial charge in [-0.1, -0.05) is 6.92 Å². The van der Waals surface area contributed by atoms with Crippen LogP contribution < -0.4 is 5.73 Å². The van der Waals surface area contributed by atoms with Gasteiger partial charge in [-0.15, -0.1) is 11.8 Å². The van der Waals surface area contributed by atoms with Gasteiger partial charge in [0.05, 0.1) is 18.1 Å². The molecule has 6 atom stereocenters. The summed E-state index contributed by atoms with van der Waals surface area (Å²) in [7, 11) is 0. The van der Waals surface area contributed by atoms with Crippen molar-refractivity contribution in [3.63, 3.8) is 0 Å². The number of nitrogens with zero attached hydrogens (tertiary/aromatic N) is 2. The first kappa shape index (κ1) is 18.3. The van der Waals surface area contributed by atoms with E-state index in [0.717, 1.165) is 37.3 Å². The number of nitrogens with two attached hydrogens (primary N) is 1. The van der Waals surface area contributed by atoms with Gasteiger partial charge in [-0.05, 0) is 26.2 Å². The van der Waals surface area contributed by atoms with Crippen LogP contribution in [0.1, 0.15) is 33.1 Å². The molecule has 0 aromatic rings. The molecular formula is C18H27N3O4S. The largest absolute Gasteiger partial charge is 0.477 e. The normalized spacial score (nSPS) is 39.0. The average molecular weight is 381 g/mol. The first-order chi connectivity index (χ1) is 12.3. The smallest absolute Gasteiger partial charge is 0.353 e. The third-order valence-corrected chi connectivity index (χ3v) is 7.89. The van der Waals surface area contributed by atoms with E-state index in [2.05, 4.69) is 4.90 Å². The molecule has 4 rings (SSSR count). The number of carbonyl (C=O) groups excluding carboxylic acids is 1. The molecule has 1 saturated carbocycles. The second-order valence-corrected chi connectivity index (χ2v) is 9.53. The molecule has 8 heteroatoms. The fraction of sp³-hybridized carbons (Fsp3) is 0.778. The van der Waals surface area contributed by atoms with Crippen LogP contribution in [0.15, 0.2) is 10.6 Å². The monoisotopic (exact) mass is 381 g/mol. The molecular weight excluding hydrogens is 354 g/mol. The lowest BCUT2D eigenvalue weighted by atomic mass is 9.79. The summed E-state index contributed by atoms with van der Waals surface area (Å²) in [5, 5.41) is 19.9. The number of hydrogen-bond donors (Lipinski definition) is 3. The highest BCUT2D eigenvalue weighted by atomic mass is 32.2. The molecule has 26 heavy (non-hydrogen) atoms. The predicted molar refractivity (Wildman–Crippen MR) is 98.2 cm³/mol. The highest BCUT2D eigenvalue weighted by Gasteiger charge is 2.60. The van der Waals surface area contributed by atoms with Crippen LogP contribution in [0, 0.1) is 11.8 Å². The number of carboxylic acid groups (broad SMARTS) is 1. The SMILES string of the molecule is CC(O)C1C(=O)N2C(C(=O)O)=C(SC3CN(C4CCC(N)C4)C3)C(C)C12. The number of amides is 1. The number of aliphatic carboxylic acids is 1. The molecule has 0 bridgehead atoms. The average Bonchev–Trinajstić information content (AvgIpc) is 3.03. The number of β-lactam (4-membered cyclic amide) rings is 1. The van der Waals surface area contributed by atoms with Gasteiger partial charge in [0.1, 0.15) is 5.70 Å². The molecule has 1 aliphatic carbocycles. The molecule has 1 amide bonds.